The van der Waals surface area contributed by atoms with E-state index >= 15 is 0 Å². The van der Waals surface area contributed by atoms with Crippen molar-refractivity contribution in [3.05, 3.63) is 28.8 Å². The Morgan fingerprint density at radius 3 is 3.00 bits per heavy atom. The molecule has 122 valence electrons. The lowest BCUT2D eigenvalue weighted by Gasteiger charge is -2.30. The Bertz CT molecular complexity index is 530. The summed E-state index contributed by atoms with van der Waals surface area (Å²) in [5.41, 5.74) is 2.82. The molecule has 5 nitrogen and oxygen atoms in total. The number of aliphatic hydroxyl groups is 1. The topological polar surface area (TPSA) is 67.8 Å². The van der Waals surface area contributed by atoms with Gasteiger partial charge in [0, 0.05) is 24.7 Å². The molecule has 0 saturated heterocycles. The number of fused-ring (bicyclic) bond motifs is 1. The largest absolute Gasteiger partial charge is 0.493 e. The van der Waals surface area contributed by atoms with E-state index < -0.39 is 6.10 Å². The van der Waals surface area contributed by atoms with Gasteiger partial charge in [0.2, 0.25) is 5.91 Å². The molecule has 2 rings (SSSR count). The highest BCUT2D eigenvalue weighted by Crippen LogP contribution is 2.39. The third kappa shape index (κ3) is 3.78. The van der Waals surface area contributed by atoms with E-state index in [1.807, 2.05) is 26.0 Å². The number of amides is 1. The van der Waals surface area contributed by atoms with E-state index in [0.29, 0.717) is 13.0 Å². The Morgan fingerprint density at radius 2 is 2.32 bits per heavy atom. The molecule has 0 aromatic heterocycles. The van der Waals surface area contributed by atoms with Gasteiger partial charge in [-0.05, 0) is 19.4 Å². The average molecular weight is 307 g/mol. The van der Waals surface area contributed by atoms with Crippen molar-refractivity contribution >= 4 is 5.91 Å². The number of hydrogen-bond acceptors (Lipinski definition) is 4. The zero-order chi connectivity index (χ0) is 16.1. The number of benzene rings is 1. The first-order valence-corrected chi connectivity index (χ1v) is 7.80. The molecule has 2 atom stereocenters. The molecule has 2 unspecified atom stereocenters. The van der Waals surface area contributed by atoms with E-state index in [1.54, 1.807) is 0 Å². The van der Waals surface area contributed by atoms with Crippen molar-refractivity contribution in [1.82, 2.24) is 5.32 Å². The molecule has 22 heavy (non-hydrogen) atoms. The molecule has 1 aliphatic heterocycles. The van der Waals surface area contributed by atoms with Gasteiger partial charge in [0.25, 0.3) is 0 Å². The molecule has 1 amide bonds. The van der Waals surface area contributed by atoms with Crippen LogP contribution in [0, 0.1) is 6.92 Å². The summed E-state index contributed by atoms with van der Waals surface area (Å²) in [7, 11) is 1.50. The first-order valence-electron chi connectivity index (χ1n) is 7.80. The minimum Gasteiger partial charge on any atom is -0.493 e. The van der Waals surface area contributed by atoms with Crippen LogP contribution in [0.2, 0.25) is 0 Å². The molecule has 0 saturated carbocycles. The number of aliphatic hydroxyl groups excluding tert-OH is 1. The highest BCUT2D eigenvalue weighted by atomic mass is 16.5. The highest BCUT2D eigenvalue weighted by Gasteiger charge is 2.27. The molecule has 1 aliphatic rings. The summed E-state index contributed by atoms with van der Waals surface area (Å²) in [6.45, 7) is 4.61. The van der Waals surface area contributed by atoms with Gasteiger partial charge >= 0.3 is 0 Å². The van der Waals surface area contributed by atoms with Crippen LogP contribution in [0.1, 0.15) is 55.0 Å². The molecular formula is C17H25NO4. The summed E-state index contributed by atoms with van der Waals surface area (Å²) in [6.07, 6.45) is 1.78. The van der Waals surface area contributed by atoms with Crippen molar-refractivity contribution in [2.45, 2.75) is 45.3 Å². The van der Waals surface area contributed by atoms with Gasteiger partial charge in [-0.3, -0.25) is 4.79 Å². The molecule has 0 fully saturated rings. The Hall–Kier alpha value is -1.59. The summed E-state index contributed by atoms with van der Waals surface area (Å²) < 4.78 is 10.7. The lowest BCUT2D eigenvalue weighted by Crippen LogP contribution is -2.34. The van der Waals surface area contributed by atoms with Crippen LogP contribution in [0.3, 0.4) is 0 Å². The van der Waals surface area contributed by atoms with Gasteiger partial charge in [-0.25, -0.2) is 0 Å². The SMILES string of the molecule is CCCC(O)c1cc(C)cc2c1OCCC2NC(=O)COC. The van der Waals surface area contributed by atoms with Gasteiger partial charge in [0.05, 0.1) is 18.8 Å². The lowest BCUT2D eigenvalue weighted by atomic mass is 9.92. The van der Waals surface area contributed by atoms with E-state index in [9.17, 15) is 9.90 Å². The summed E-state index contributed by atoms with van der Waals surface area (Å²) >= 11 is 0. The summed E-state index contributed by atoms with van der Waals surface area (Å²) in [4.78, 5) is 11.8. The van der Waals surface area contributed by atoms with E-state index in [-0.39, 0.29) is 18.6 Å². The zero-order valence-corrected chi connectivity index (χ0v) is 13.5. The smallest absolute Gasteiger partial charge is 0.246 e. The molecule has 1 heterocycles. The van der Waals surface area contributed by atoms with Crippen LogP contribution >= 0.6 is 0 Å². The van der Waals surface area contributed by atoms with Crippen LogP contribution in [0.5, 0.6) is 5.75 Å². The molecule has 0 bridgehead atoms. The fraction of sp³-hybridized carbons (Fsp3) is 0.588. The van der Waals surface area contributed by atoms with Crippen molar-refractivity contribution in [2.75, 3.05) is 20.3 Å². The van der Waals surface area contributed by atoms with Gasteiger partial charge in [-0.2, -0.15) is 0 Å². The molecule has 0 spiro atoms. The fourth-order valence-electron chi connectivity index (χ4n) is 2.88. The van der Waals surface area contributed by atoms with Gasteiger partial charge in [0.1, 0.15) is 12.4 Å². The summed E-state index contributed by atoms with van der Waals surface area (Å²) in [6, 6.07) is 3.89. The van der Waals surface area contributed by atoms with Gasteiger partial charge in [0.15, 0.2) is 0 Å². The third-order valence-electron chi connectivity index (χ3n) is 3.85. The number of ether oxygens (including phenoxy) is 2. The molecule has 0 aliphatic carbocycles. The average Bonchev–Trinajstić information content (AvgIpc) is 2.47. The Balaban J connectivity index is 2.32. The molecule has 1 aromatic rings. The van der Waals surface area contributed by atoms with E-state index in [0.717, 1.165) is 35.3 Å². The van der Waals surface area contributed by atoms with E-state index in [4.69, 9.17) is 9.47 Å². The van der Waals surface area contributed by atoms with Crippen molar-refractivity contribution in [2.24, 2.45) is 0 Å². The minimum atomic E-state index is -0.535. The molecule has 2 N–H and O–H groups in total. The highest BCUT2D eigenvalue weighted by molar-refractivity contribution is 5.78. The number of rotatable bonds is 6. The van der Waals surface area contributed by atoms with Crippen LogP contribution < -0.4 is 10.1 Å². The standard InChI is InChI=1S/C17H25NO4/c1-4-5-15(19)13-9-11(2)8-12-14(6-7-22-17(12)13)18-16(20)10-21-3/h8-9,14-15,19H,4-7,10H2,1-3H3,(H,18,20). The second-order valence-corrected chi connectivity index (χ2v) is 5.77. The maximum absolute atomic E-state index is 11.8. The number of hydrogen-bond donors (Lipinski definition) is 2. The number of methoxy groups -OCH3 is 1. The Kier molecular flexibility index (Phi) is 5.80. The van der Waals surface area contributed by atoms with E-state index in [2.05, 4.69) is 5.32 Å². The Morgan fingerprint density at radius 1 is 1.55 bits per heavy atom. The van der Waals surface area contributed by atoms with Gasteiger partial charge in [-0.15, -0.1) is 0 Å². The van der Waals surface area contributed by atoms with Crippen LogP contribution in [0.15, 0.2) is 12.1 Å². The van der Waals surface area contributed by atoms with Crippen molar-refractivity contribution in [3.8, 4) is 5.75 Å². The van der Waals surface area contributed by atoms with Crippen LogP contribution in [0.25, 0.3) is 0 Å². The van der Waals surface area contributed by atoms with Crippen molar-refractivity contribution in [3.63, 3.8) is 0 Å². The summed E-state index contributed by atoms with van der Waals surface area (Å²) in [5.74, 6) is 0.582. The maximum Gasteiger partial charge on any atom is 0.246 e. The lowest BCUT2D eigenvalue weighted by molar-refractivity contribution is -0.125. The number of carbonyl (C=O) groups is 1. The summed E-state index contributed by atoms with van der Waals surface area (Å²) in [5, 5.41) is 13.3. The molecule has 5 heteroatoms. The quantitative estimate of drug-likeness (QED) is 0.847. The molecule has 0 radical (unpaired) electrons. The first kappa shape index (κ1) is 16.8. The number of aryl methyl sites for hydroxylation is 1. The van der Waals surface area contributed by atoms with E-state index in [1.165, 1.54) is 7.11 Å². The van der Waals surface area contributed by atoms with Crippen molar-refractivity contribution < 1.29 is 19.4 Å². The molecular weight excluding hydrogens is 282 g/mol. The van der Waals surface area contributed by atoms with Crippen LogP contribution in [-0.4, -0.2) is 31.3 Å². The van der Waals surface area contributed by atoms with Gasteiger partial charge in [-0.1, -0.05) is 25.0 Å². The second-order valence-electron chi connectivity index (χ2n) is 5.77. The monoisotopic (exact) mass is 307 g/mol. The normalized spacial score (nSPS) is 18.3. The predicted molar refractivity (Wildman–Crippen MR) is 83.9 cm³/mol. The van der Waals surface area contributed by atoms with Crippen LogP contribution in [0.4, 0.5) is 0 Å². The first-order chi connectivity index (χ1) is 10.6. The van der Waals surface area contributed by atoms with Crippen LogP contribution in [-0.2, 0) is 9.53 Å². The fourth-order valence-corrected chi connectivity index (χ4v) is 2.88. The predicted octanol–water partition coefficient (Wildman–Crippen LogP) is 2.41. The minimum absolute atomic E-state index is 0.0455. The molecule has 1 aromatic carbocycles. The maximum atomic E-state index is 11.8. The second kappa shape index (κ2) is 7.61. The Labute approximate surface area is 131 Å². The van der Waals surface area contributed by atoms with Crippen molar-refractivity contribution in [1.29, 1.82) is 0 Å². The van der Waals surface area contributed by atoms with Gasteiger partial charge < -0.3 is 19.9 Å². The third-order valence-corrected chi connectivity index (χ3v) is 3.85. The zero-order valence-electron chi connectivity index (χ0n) is 13.5. The number of carbonyl (C=O) groups excluding carboxylic acids is 1. The number of nitrogens with one attached hydrogen (secondary N) is 1.